The summed E-state index contributed by atoms with van der Waals surface area (Å²) < 4.78 is 92.0. The van der Waals surface area contributed by atoms with E-state index >= 15 is 0 Å². The van der Waals surface area contributed by atoms with Crippen molar-refractivity contribution in [2.45, 2.75) is 25.2 Å². The minimum Gasteiger partial charge on any atom is -0.493 e. The number of hydrogen-bond acceptors (Lipinski definition) is 12. The number of aliphatic hydroxyl groups is 2. The number of hydrogen-bond donors (Lipinski definition) is 4. The number of aliphatic hydroxyl groups excluding tert-OH is 2. The second kappa shape index (κ2) is 21.1. The molecule has 59 heavy (non-hydrogen) atoms. The van der Waals surface area contributed by atoms with E-state index in [1.807, 2.05) is 19.2 Å². The molecule has 0 spiro atoms. The molecular weight excluding hydrogens is 907 g/mol. The largest absolute Gasteiger partial charge is 0.493 e. The molecule has 6 rings (SSSR count). The molecule has 0 aliphatic rings. The molecule has 14 nitrogen and oxygen atoms in total. The third kappa shape index (κ3) is 12.4. The molecule has 6 aromatic rings. The number of fused-ring (bicyclic) bond motifs is 2. The summed E-state index contributed by atoms with van der Waals surface area (Å²) in [6.07, 6.45) is -5.70. The van der Waals surface area contributed by atoms with Crippen LogP contribution in [0.5, 0.6) is 11.5 Å². The van der Waals surface area contributed by atoms with Gasteiger partial charge in [0.25, 0.3) is 0 Å². The van der Waals surface area contributed by atoms with Gasteiger partial charge in [0.05, 0.1) is 53.7 Å². The van der Waals surface area contributed by atoms with E-state index in [0.29, 0.717) is 27.8 Å². The van der Waals surface area contributed by atoms with Gasteiger partial charge in [0.15, 0.2) is 11.4 Å². The maximum absolute atomic E-state index is 13.4. The summed E-state index contributed by atoms with van der Waals surface area (Å²) in [6.45, 7) is -0.447. The molecule has 314 valence electrons. The SMILES string of the molecule is Cn1cnc2c(C#N)nc(-c3ccc(OCCCO)c(C(F)(F)F)c3)cc21.Cn1cnc2c(C#N)nc(Cl)cc21.OCCCOc1ccc(B(O)O)cc1C(F)(F)F.[Pd]. The molecule has 23 heteroatoms. The van der Waals surface area contributed by atoms with Crippen LogP contribution in [-0.2, 0) is 46.9 Å². The summed E-state index contributed by atoms with van der Waals surface area (Å²) in [7, 11) is 1.59. The maximum atomic E-state index is 13.4. The molecule has 0 fully saturated rings. The third-order valence-corrected chi connectivity index (χ3v) is 8.11. The molecule has 0 atom stereocenters. The van der Waals surface area contributed by atoms with Crippen molar-refractivity contribution in [3.8, 4) is 34.9 Å². The van der Waals surface area contributed by atoms with Gasteiger partial charge in [0.1, 0.15) is 39.8 Å². The van der Waals surface area contributed by atoms with Crippen molar-refractivity contribution in [2.24, 2.45) is 14.1 Å². The molecule has 0 amide bonds. The molecule has 0 radical (unpaired) electrons. The Morgan fingerprint density at radius 1 is 0.729 bits per heavy atom. The Balaban J connectivity index is 0.000000252. The normalized spacial score (nSPS) is 11.0. The zero-order valence-electron chi connectivity index (χ0n) is 30.7. The van der Waals surface area contributed by atoms with Gasteiger partial charge >= 0.3 is 19.5 Å². The third-order valence-electron chi connectivity index (χ3n) is 7.91. The van der Waals surface area contributed by atoms with E-state index in [0.717, 1.165) is 23.7 Å². The standard InChI is InChI=1S/C18H15F3N4O2.C10H12BF3O4.C8H5ClN4.Pd/c1-25-10-23-17-14(9-22)24-13(8-15(17)25)11-3-4-16(27-6-2-5-26)12(7-11)18(19,20)21;12-10(13,14)8-6-7(11(16)17)2-3-9(8)18-5-1-4-15;1-13-4-11-8-5(3-10)12-7(9)2-6(8)13;/h3-4,7-8,10,26H,2,5-6H2,1H3;2-3,6,15-17H,1,4-5H2;2,4H,1H3;. The van der Waals surface area contributed by atoms with Gasteiger partial charge in [0, 0.05) is 72.2 Å². The van der Waals surface area contributed by atoms with Crippen LogP contribution in [-0.4, -0.2) is 82.9 Å². The van der Waals surface area contributed by atoms with Gasteiger partial charge in [-0.05, 0) is 41.9 Å². The fourth-order valence-corrected chi connectivity index (χ4v) is 5.30. The van der Waals surface area contributed by atoms with Crippen LogP contribution in [0.2, 0.25) is 5.15 Å². The van der Waals surface area contributed by atoms with Gasteiger partial charge in [-0.2, -0.15) is 36.9 Å². The minimum absolute atomic E-state index is 0. The Hall–Kier alpha value is -5.30. The molecule has 4 heterocycles. The van der Waals surface area contributed by atoms with Crippen LogP contribution in [0.4, 0.5) is 26.3 Å². The number of aromatic nitrogens is 6. The Morgan fingerprint density at radius 2 is 1.20 bits per heavy atom. The molecule has 0 aliphatic heterocycles. The number of ether oxygens (including phenoxy) is 2. The van der Waals surface area contributed by atoms with Crippen LogP contribution in [0.25, 0.3) is 33.3 Å². The van der Waals surface area contributed by atoms with Crippen molar-refractivity contribution < 1.29 is 76.5 Å². The molecule has 0 saturated carbocycles. The van der Waals surface area contributed by atoms with Crippen molar-refractivity contribution in [2.75, 3.05) is 26.4 Å². The predicted octanol–water partition coefficient (Wildman–Crippen LogP) is 4.92. The molecule has 0 unspecified atom stereocenters. The second-order valence-corrected chi connectivity index (χ2v) is 12.4. The van der Waals surface area contributed by atoms with Gasteiger partial charge in [-0.1, -0.05) is 17.7 Å². The summed E-state index contributed by atoms with van der Waals surface area (Å²) in [5.41, 5.74) is 0.851. The summed E-state index contributed by atoms with van der Waals surface area (Å²) >= 11 is 5.73. The number of imidazole rings is 2. The first-order valence-corrected chi connectivity index (χ1v) is 17.2. The number of rotatable bonds is 10. The van der Waals surface area contributed by atoms with Crippen LogP contribution in [0, 0.1) is 22.7 Å². The van der Waals surface area contributed by atoms with Crippen LogP contribution in [0.1, 0.15) is 35.4 Å². The van der Waals surface area contributed by atoms with Gasteiger partial charge in [-0.3, -0.25) is 0 Å². The Morgan fingerprint density at radius 3 is 1.68 bits per heavy atom. The summed E-state index contributed by atoms with van der Waals surface area (Å²) in [5.74, 6) is -0.720. The number of halogens is 7. The van der Waals surface area contributed by atoms with Gasteiger partial charge in [-0.15, -0.1) is 0 Å². The molecule has 4 aromatic heterocycles. The van der Waals surface area contributed by atoms with Gasteiger partial charge in [0.2, 0.25) is 0 Å². The number of aryl methyl sites for hydroxylation is 2. The average molecular weight is 939 g/mol. The zero-order valence-corrected chi connectivity index (χ0v) is 33.0. The molecule has 4 N–H and O–H groups in total. The summed E-state index contributed by atoms with van der Waals surface area (Å²) in [5, 5.41) is 53.3. The topological polar surface area (TPSA) is 208 Å². The first-order valence-electron chi connectivity index (χ1n) is 16.8. The van der Waals surface area contributed by atoms with E-state index in [1.54, 1.807) is 34.6 Å². The maximum Gasteiger partial charge on any atom is 0.488 e. The molecule has 0 aliphatic carbocycles. The Bertz CT molecular complexity index is 2450. The Kier molecular flexibility index (Phi) is 17.2. The number of nitriles is 2. The van der Waals surface area contributed by atoms with Crippen molar-refractivity contribution in [1.29, 1.82) is 10.5 Å². The number of nitrogens with zero attached hydrogens (tertiary/aromatic N) is 8. The average Bonchev–Trinajstić information content (AvgIpc) is 3.75. The van der Waals surface area contributed by atoms with Crippen LogP contribution >= 0.6 is 11.6 Å². The summed E-state index contributed by atoms with van der Waals surface area (Å²) in [4.78, 5) is 16.2. The Labute approximate surface area is 350 Å². The van der Waals surface area contributed by atoms with Crippen LogP contribution < -0.4 is 14.9 Å². The van der Waals surface area contributed by atoms with E-state index < -0.39 is 36.3 Å². The molecule has 2 aromatic carbocycles. The van der Waals surface area contributed by atoms with Crippen molar-refractivity contribution in [1.82, 2.24) is 29.1 Å². The van der Waals surface area contributed by atoms with Crippen molar-refractivity contribution >= 4 is 46.2 Å². The smallest absolute Gasteiger partial charge is 0.488 e. The number of pyridine rings is 2. The monoisotopic (exact) mass is 938 g/mol. The summed E-state index contributed by atoms with van der Waals surface area (Å²) in [6, 6.07) is 13.5. The van der Waals surface area contributed by atoms with Crippen molar-refractivity contribution in [3.05, 3.63) is 88.9 Å². The predicted molar refractivity (Wildman–Crippen MR) is 198 cm³/mol. The van der Waals surface area contributed by atoms with Gasteiger partial charge in [-0.25, -0.2) is 19.9 Å². The fourth-order valence-electron chi connectivity index (χ4n) is 5.11. The zero-order chi connectivity index (χ0) is 42.8. The van der Waals surface area contributed by atoms with E-state index in [2.05, 4.69) is 19.9 Å². The van der Waals surface area contributed by atoms with Gasteiger partial charge < -0.3 is 38.9 Å². The van der Waals surface area contributed by atoms with E-state index in [9.17, 15) is 31.6 Å². The number of alkyl halides is 6. The second-order valence-electron chi connectivity index (χ2n) is 12.0. The van der Waals surface area contributed by atoms with Crippen LogP contribution in [0.15, 0.2) is 61.2 Å². The van der Waals surface area contributed by atoms with E-state index in [4.69, 9.17) is 46.6 Å². The minimum atomic E-state index is -4.65. The van der Waals surface area contributed by atoms with E-state index in [-0.39, 0.29) is 93.5 Å². The van der Waals surface area contributed by atoms with E-state index in [1.165, 1.54) is 18.5 Å². The molecular formula is C36H32BClF6N8O6Pd. The molecule has 0 saturated heterocycles. The fraction of sp³-hybridized carbons (Fsp3) is 0.278. The first kappa shape index (κ1) is 48.1. The van der Waals surface area contributed by atoms with Crippen molar-refractivity contribution in [3.63, 3.8) is 0 Å². The number of benzene rings is 2. The quantitative estimate of drug-likeness (QED) is 0.0625. The van der Waals surface area contributed by atoms with Crippen LogP contribution in [0.3, 0.4) is 0 Å². The molecule has 0 bridgehead atoms. The first-order chi connectivity index (χ1) is 27.4.